The summed E-state index contributed by atoms with van der Waals surface area (Å²) in [5.74, 6) is 1.45. The van der Waals surface area contributed by atoms with Crippen molar-refractivity contribution in [1.82, 2.24) is 0 Å². The second-order valence-corrected chi connectivity index (χ2v) is 7.33. The zero-order valence-electron chi connectivity index (χ0n) is 15.1. The van der Waals surface area contributed by atoms with Gasteiger partial charge in [0.1, 0.15) is 0 Å². The highest BCUT2D eigenvalue weighted by atomic mass is 16.1. The summed E-state index contributed by atoms with van der Waals surface area (Å²) in [6.07, 6.45) is 6.50. The first-order valence-electron chi connectivity index (χ1n) is 9.26. The Kier molecular flexibility index (Phi) is 6.90. The second kappa shape index (κ2) is 8.93. The molecule has 4 rings (SSSR count). The average molecular weight is 351 g/mol. The van der Waals surface area contributed by atoms with Crippen LogP contribution in [0.2, 0.25) is 0 Å². The lowest BCUT2D eigenvalue weighted by atomic mass is 9.81. The molecule has 2 heteroatoms. The van der Waals surface area contributed by atoms with Crippen LogP contribution in [0.4, 0.5) is 0 Å². The van der Waals surface area contributed by atoms with Gasteiger partial charge >= 0.3 is 0 Å². The van der Waals surface area contributed by atoms with E-state index in [2.05, 4.69) is 12.1 Å². The molecule has 0 aromatic heterocycles. The maximum Gasteiger partial charge on any atom is 0.181 e. The van der Waals surface area contributed by atoms with E-state index in [4.69, 9.17) is 0 Å². The molecule has 2 aliphatic rings. The molecule has 2 saturated carbocycles. The SMILES string of the molecule is C.Cc1ccc(C2CC2)ccc1=O.Cc1ccc(C2CCC2)ccc1=O. The van der Waals surface area contributed by atoms with Crippen molar-refractivity contribution < 1.29 is 0 Å². The largest absolute Gasteiger partial charge is 0.290 e. The monoisotopic (exact) mass is 350 g/mol. The van der Waals surface area contributed by atoms with E-state index in [1.807, 2.05) is 38.1 Å². The van der Waals surface area contributed by atoms with E-state index in [0.717, 1.165) is 17.0 Å². The van der Waals surface area contributed by atoms with Crippen molar-refractivity contribution in [2.75, 3.05) is 0 Å². The lowest BCUT2D eigenvalue weighted by Gasteiger charge is -2.24. The summed E-state index contributed by atoms with van der Waals surface area (Å²) in [7, 11) is 0. The summed E-state index contributed by atoms with van der Waals surface area (Å²) in [4.78, 5) is 22.5. The third-order valence-corrected chi connectivity index (χ3v) is 5.31. The summed E-state index contributed by atoms with van der Waals surface area (Å²) in [6.45, 7) is 3.73. The predicted molar refractivity (Wildman–Crippen MR) is 110 cm³/mol. The summed E-state index contributed by atoms with van der Waals surface area (Å²) >= 11 is 0. The van der Waals surface area contributed by atoms with E-state index in [1.165, 1.54) is 43.2 Å². The Morgan fingerprint density at radius 1 is 0.615 bits per heavy atom. The van der Waals surface area contributed by atoms with Crippen LogP contribution in [0.3, 0.4) is 0 Å². The normalized spacial score (nSPS) is 15.8. The molecular weight excluding hydrogens is 320 g/mol. The molecule has 2 nitrogen and oxygen atoms in total. The third kappa shape index (κ3) is 5.14. The molecule has 0 unspecified atom stereocenters. The average Bonchev–Trinajstić information content (AvgIpc) is 3.39. The van der Waals surface area contributed by atoms with Crippen molar-refractivity contribution in [3.8, 4) is 0 Å². The minimum Gasteiger partial charge on any atom is -0.290 e. The van der Waals surface area contributed by atoms with Crippen LogP contribution in [0.15, 0.2) is 58.1 Å². The molecule has 2 fully saturated rings. The summed E-state index contributed by atoms with van der Waals surface area (Å²) in [5, 5.41) is 0. The van der Waals surface area contributed by atoms with Gasteiger partial charge < -0.3 is 0 Å². The van der Waals surface area contributed by atoms with Gasteiger partial charge in [-0.2, -0.15) is 0 Å². The van der Waals surface area contributed by atoms with Crippen LogP contribution in [0.25, 0.3) is 0 Å². The highest BCUT2D eigenvalue weighted by molar-refractivity contribution is 5.25. The molecule has 0 spiro atoms. The third-order valence-electron chi connectivity index (χ3n) is 5.31. The van der Waals surface area contributed by atoms with Crippen molar-refractivity contribution >= 4 is 0 Å². The van der Waals surface area contributed by atoms with Gasteiger partial charge in [-0.1, -0.05) is 50.2 Å². The fourth-order valence-corrected chi connectivity index (χ4v) is 3.03. The Labute approximate surface area is 156 Å². The first kappa shape index (κ1) is 20.1. The van der Waals surface area contributed by atoms with Gasteiger partial charge in [0.2, 0.25) is 0 Å². The van der Waals surface area contributed by atoms with Crippen LogP contribution < -0.4 is 10.9 Å². The lowest BCUT2D eigenvalue weighted by molar-refractivity contribution is 0.420. The van der Waals surface area contributed by atoms with Gasteiger partial charge in [-0.15, -0.1) is 0 Å². The Hall–Kier alpha value is -2.22. The van der Waals surface area contributed by atoms with Crippen molar-refractivity contribution in [2.24, 2.45) is 0 Å². The van der Waals surface area contributed by atoms with Crippen LogP contribution in [0.1, 0.15) is 73.6 Å². The Balaban J connectivity index is 0.000000180. The molecular formula is C24H30O2. The van der Waals surface area contributed by atoms with E-state index >= 15 is 0 Å². The Morgan fingerprint density at radius 2 is 1.00 bits per heavy atom. The van der Waals surface area contributed by atoms with Crippen LogP contribution in [-0.2, 0) is 0 Å². The standard InChI is InChI=1S/C12H14O.C11H12O.CH4/c1-9-5-6-11(7-8-12(9)13)10-3-2-4-10;1-8-2-3-9(10-4-5-10)6-7-11(8)12;/h5-8,10H,2-4H2,1H3;2-3,6-7,10H,4-5H2,1H3;1H4. The van der Waals surface area contributed by atoms with Crippen LogP contribution in [0, 0.1) is 13.8 Å². The quantitative estimate of drug-likeness (QED) is 0.717. The molecule has 0 bridgehead atoms. The van der Waals surface area contributed by atoms with Gasteiger partial charge in [0.25, 0.3) is 0 Å². The van der Waals surface area contributed by atoms with E-state index in [0.29, 0.717) is 5.92 Å². The first-order chi connectivity index (χ1) is 12.0. The highest BCUT2D eigenvalue weighted by Gasteiger charge is 2.22. The zero-order chi connectivity index (χ0) is 17.8. The van der Waals surface area contributed by atoms with Gasteiger partial charge in [0.05, 0.1) is 0 Å². The zero-order valence-corrected chi connectivity index (χ0v) is 15.1. The topological polar surface area (TPSA) is 34.1 Å². The number of rotatable bonds is 2. The molecule has 2 aliphatic carbocycles. The molecule has 0 amide bonds. The van der Waals surface area contributed by atoms with Gasteiger partial charge in [-0.3, -0.25) is 9.59 Å². The predicted octanol–water partition coefficient (Wildman–Crippen LogP) is 5.49. The van der Waals surface area contributed by atoms with Crippen molar-refractivity contribution in [3.63, 3.8) is 0 Å². The number of aryl methyl sites for hydroxylation is 2. The highest BCUT2D eigenvalue weighted by Crippen LogP contribution is 2.39. The van der Waals surface area contributed by atoms with Crippen LogP contribution in [-0.4, -0.2) is 0 Å². The van der Waals surface area contributed by atoms with E-state index < -0.39 is 0 Å². The number of hydrogen-bond acceptors (Lipinski definition) is 2. The molecule has 26 heavy (non-hydrogen) atoms. The molecule has 2 aromatic rings. The van der Waals surface area contributed by atoms with E-state index in [-0.39, 0.29) is 18.3 Å². The van der Waals surface area contributed by atoms with Crippen molar-refractivity contribution in [1.29, 1.82) is 0 Å². The van der Waals surface area contributed by atoms with Gasteiger partial charge in [-0.05, 0) is 85.8 Å². The minimum absolute atomic E-state index is 0. The molecule has 138 valence electrons. The molecule has 0 aliphatic heterocycles. The fourth-order valence-electron chi connectivity index (χ4n) is 3.03. The molecule has 0 radical (unpaired) electrons. The van der Waals surface area contributed by atoms with Gasteiger partial charge in [0.15, 0.2) is 10.9 Å². The summed E-state index contributed by atoms with van der Waals surface area (Å²) < 4.78 is 0. The number of hydrogen-bond donors (Lipinski definition) is 0. The molecule has 0 N–H and O–H groups in total. The smallest absolute Gasteiger partial charge is 0.181 e. The molecule has 2 aromatic carbocycles. The van der Waals surface area contributed by atoms with Crippen molar-refractivity contribution in [2.45, 2.75) is 65.2 Å². The lowest BCUT2D eigenvalue weighted by Crippen LogP contribution is -2.07. The minimum atomic E-state index is 0. The molecule has 0 saturated heterocycles. The van der Waals surface area contributed by atoms with Crippen LogP contribution in [0.5, 0.6) is 0 Å². The second-order valence-electron chi connectivity index (χ2n) is 7.33. The molecule has 0 atom stereocenters. The fraction of sp³-hybridized carbons (Fsp3) is 0.417. The van der Waals surface area contributed by atoms with Crippen molar-refractivity contribution in [3.05, 3.63) is 91.2 Å². The first-order valence-corrected chi connectivity index (χ1v) is 9.26. The maximum atomic E-state index is 11.3. The summed E-state index contributed by atoms with van der Waals surface area (Å²) in [5.41, 5.74) is 4.61. The van der Waals surface area contributed by atoms with Gasteiger partial charge in [0, 0.05) is 0 Å². The summed E-state index contributed by atoms with van der Waals surface area (Å²) in [6, 6.07) is 15.4. The van der Waals surface area contributed by atoms with Crippen LogP contribution >= 0.6 is 0 Å². The van der Waals surface area contributed by atoms with E-state index in [9.17, 15) is 9.59 Å². The van der Waals surface area contributed by atoms with Gasteiger partial charge in [-0.25, -0.2) is 0 Å². The van der Waals surface area contributed by atoms with E-state index in [1.54, 1.807) is 12.1 Å². The molecule has 0 heterocycles. The Bertz CT molecular complexity index is 862. The maximum absolute atomic E-state index is 11.3. The Morgan fingerprint density at radius 3 is 1.35 bits per heavy atom.